The van der Waals surface area contributed by atoms with Gasteiger partial charge >= 0.3 is 0 Å². The number of rotatable bonds is 1. The molecular formula is C12H12N2S. The first-order chi connectivity index (χ1) is 7.33. The number of fused-ring (bicyclic) bond motifs is 1. The molecule has 1 unspecified atom stereocenters. The number of aliphatic imine (C=N–C) groups is 1. The van der Waals surface area contributed by atoms with Crippen molar-refractivity contribution >= 4 is 27.3 Å². The minimum absolute atomic E-state index is 0.477. The van der Waals surface area contributed by atoms with E-state index in [1.807, 2.05) is 0 Å². The lowest BCUT2D eigenvalue weighted by molar-refractivity contribution is 0.726. The number of benzene rings is 1. The van der Waals surface area contributed by atoms with Crippen molar-refractivity contribution in [2.75, 3.05) is 6.54 Å². The molecule has 2 heterocycles. The van der Waals surface area contributed by atoms with Crippen molar-refractivity contribution in [3.05, 3.63) is 35.2 Å². The van der Waals surface area contributed by atoms with E-state index in [1.165, 1.54) is 15.0 Å². The molecule has 0 radical (unpaired) electrons. The minimum atomic E-state index is 0.477. The summed E-state index contributed by atoms with van der Waals surface area (Å²) >= 11 is 1.80. The fraction of sp³-hybridized carbons (Fsp3) is 0.250. The fourth-order valence-electron chi connectivity index (χ4n) is 1.80. The molecule has 1 aromatic carbocycles. The van der Waals surface area contributed by atoms with E-state index in [2.05, 4.69) is 47.6 Å². The highest BCUT2D eigenvalue weighted by Gasteiger charge is 2.15. The maximum Gasteiger partial charge on any atom is 0.138 e. The number of thiophene rings is 1. The third-order valence-electron chi connectivity index (χ3n) is 2.57. The molecule has 0 amide bonds. The van der Waals surface area contributed by atoms with Crippen LogP contribution >= 0.6 is 11.3 Å². The summed E-state index contributed by atoms with van der Waals surface area (Å²) in [7, 11) is 0. The van der Waals surface area contributed by atoms with Gasteiger partial charge in [-0.05, 0) is 24.4 Å². The van der Waals surface area contributed by atoms with Gasteiger partial charge in [-0.15, -0.1) is 11.3 Å². The highest BCUT2D eigenvalue weighted by Crippen LogP contribution is 2.26. The van der Waals surface area contributed by atoms with Gasteiger partial charge in [0.2, 0.25) is 0 Å². The van der Waals surface area contributed by atoms with Gasteiger partial charge in [-0.1, -0.05) is 18.2 Å². The Bertz CT molecular complexity index is 494. The number of hydrogen-bond acceptors (Lipinski definition) is 3. The second kappa shape index (κ2) is 3.35. The van der Waals surface area contributed by atoms with Gasteiger partial charge in [0.15, 0.2) is 0 Å². The van der Waals surface area contributed by atoms with Gasteiger partial charge in [0.1, 0.15) is 5.84 Å². The number of nitrogens with one attached hydrogen (secondary N) is 1. The van der Waals surface area contributed by atoms with E-state index in [0.717, 1.165) is 12.4 Å². The van der Waals surface area contributed by atoms with E-state index in [0.29, 0.717) is 6.04 Å². The monoisotopic (exact) mass is 216 g/mol. The zero-order valence-electron chi connectivity index (χ0n) is 8.53. The molecule has 15 heavy (non-hydrogen) atoms. The lowest BCUT2D eigenvalue weighted by Crippen LogP contribution is -2.26. The maximum absolute atomic E-state index is 4.50. The minimum Gasteiger partial charge on any atom is -0.365 e. The van der Waals surface area contributed by atoms with E-state index < -0.39 is 0 Å². The predicted octanol–water partition coefficient (Wildman–Crippen LogP) is 2.64. The Morgan fingerprint density at radius 3 is 3.00 bits per heavy atom. The molecule has 2 nitrogen and oxygen atoms in total. The van der Waals surface area contributed by atoms with Crippen LogP contribution in [0.3, 0.4) is 0 Å². The summed E-state index contributed by atoms with van der Waals surface area (Å²) in [6, 6.07) is 11.1. The van der Waals surface area contributed by atoms with Crippen LogP contribution < -0.4 is 5.32 Å². The van der Waals surface area contributed by atoms with Crippen LogP contribution in [0.5, 0.6) is 0 Å². The van der Waals surface area contributed by atoms with Crippen molar-refractivity contribution in [3.63, 3.8) is 0 Å². The second-order valence-electron chi connectivity index (χ2n) is 3.88. The summed E-state index contributed by atoms with van der Waals surface area (Å²) in [5.74, 6) is 1.06. The molecule has 0 bridgehead atoms. The normalized spacial score (nSPS) is 20.3. The third kappa shape index (κ3) is 1.53. The molecule has 0 aliphatic carbocycles. The Morgan fingerprint density at radius 1 is 1.40 bits per heavy atom. The molecule has 1 atom stereocenters. The van der Waals surface area contributed by atoms with Gasteiger partial charge in [0.25, 0.3) is 0 Å². The van der Waals surface area contributed by atoms with E-state index >= 15 is 0 Å². The molecule has 0 saturated heterocycles. The average molecular weight is 216 g/mol. The predicted molar refractivity (Wildman–Crippen MR) is 65.8 cm³/mol. The summed E-state index contributed by atoms with van der Waals surface area (Å²) in [5, 5.41) is 4.70. The molecule has 0 spiro atoms. The zero-order valence-corrected chi connectivity index (χ0v) is 9.34. The fourth-order valence-corrected chi connectivity index (χ4v) is 2.83. The summed E-state index contributed by atoms with van der Waals surface area (Å²) < 4.78 is 1.33. The van der Waals surface area contributed by atoms with Gasteiger partial charge in [-0.2, -0.15) is 0 Å². The number of hydrogen-bond donors (Lipinski definition) is 1. The van der Waals surface area contributed by atoms with Crippen molar-refractivity contribution in [2.24, 2.45) is 4.99 Å². The van der Waals surface area contributed by atoms with Crippen LogP contribution in [0.1, 0.15) is 11.8 Å². The molecular weight excluding hydrogens is 204 g/mol. The van der Waals surface area contributed by atoms with Gasteiger partial charge in [-0.25, -0.2) is 0 Å². The first-order valence-corrected chi connectivity index (χ1v) is 5.94. The van der Waals surface area contributed by atoms with Crippen LogP contribution in [0.4, 0.5) is 0 Å². The van der Waals surface area contributed by atoms with Crippen molar-refractivity contribution < 1.29 is 0 Å². The Morgan fingerprint density at radius 2 is 2.27 bits per heavy atom. The van der Waals surface area contributed by atoms with Crippen LogP contribution in [0.2, 0.25) is 0 Å². The summed E-state index contributed by atoms with van der Waals surface area (Å²) in [6.07, 6.45) is 0. The molecule has 3 rings (SSSR count). The Kier molecular flexibility index (Phi) is 1.99. The average Bonchev–Trinajstić information content (AvgIpc) is 2.82. The van der Waals surface area contributed by atoms with Crippen LogP contribution in [0.15, 0.2) is 35.3 Å². The molecule has 1 aliphatic heterocycles. The molecule has 2 aromatic rings. The molecule has 1 aliphatic rings. The second-order valence-corrected chi connectivity index (χ2v) is 4.97. The summed E-state index contributed by atoms with van der Waals surface area (Å²) in [4.78, 5) is 5.75. The summed E-state index contributed by atoms with van der Waals surface area (Å²) in [6.45, 7) is 3.05. The van der Waals surface area contributed by atoms with E-state index in [-0.39, 0.29) is 0 Å². The standard InChI is InChI=1S/C12H12N2S/c1-8-7-13-12(14-8)11-6-9-4-2-3-5-10(9)15-11/h2-6,8H,7H2,1H3,(H,13,14). The van der Waals surface area contributed by atoms with Crippen molar-refractivity contribution in [2.45, 2.75) is 13.0 Å². The summed E-state index contributed by atoms with van der Waals surface area (Å²) in [5.41, 5.74) is 0. The number of nitrogens with zero attached hydrogens (tertiary/aromatic N) is 1. The van der Waals surface area contributed by atoms with E-state index in [4.69, 9.17) is 0 Å². The molecule has 0 saturated carbocycles. The molecule has 3 heteroatoms. The van der Waals surface area contributed by atoms with Gasteiger partial charge in [0, 0.05) is 10.7 Å². The Labute approximate surface area is 92.7 Å². The van der Waals surface area contributed by atoms with Gasteiger partial charge in [-0.3, -0.25) is 4.99 Å². The quantitative estimate of drug-likeness (QED) is 0.778. The lowest BCUT2D eigenvalue weighted by Gasteiger charge is -2.02. The maximum atomic E-state index is 4.50. The van der Waals surface area contributed by atoms with Crippen LogP contribution in [-0.4, -0.2) is 18.4 Å². The van der Waals surface area contributed by atoms with E-state index in [9.17, 15) is 0 Å². The first-order valence-electron chi connectivity index (χ1n) is 5.13. The highest BCUT2D eigenvalue weighted by atomic mass is 32.1. The molecule has 0 fully saturated rings. The third-order valence-corrected chi connectivity index (χ3v) is 3.69. The molecule has 1 N–H and O–H groups in total. The topological polar surface area (TPSA) is 24.4 Å². The smallest absolute Gasteiger partial charge is 0.138 e. The largest absolute Gasteiger partial charge is 0.365 e. The molecule has 1 aromatic heterocycles. The number of amidine groups is 1. The SMILES string of the molecule is CC1CN=C(c2cc3ccccc3s2)N1. The lowest BCUT2D eigenvalue weighted by atomic mass is 10.2. The Balaban J connectivity index is 2.05. The zero-order chi connectivity index (χ0) is 10.3. The van der Waals surface area contributed by atoms with Crippen molar-refractivity contribution in [1.82, 2.24) is 5.32 Å². The van der Waals surface area contributed by atoms with Crippen LogP contribution in [0, 0.1) is 0 Å². The van der Waals surface area contributed by atoms with Gasteiger partial charge < -0.3 is 5.32 Å². The van der Waals surface area contributed by atoms with Crippen molar-refractivity contribution in [3.8, 4) is 0 Å². The first kappa shape index (κ1) is 8.92. The van der Waals surface area contributed by atoms with Crippen LogP contribution in [-0.2, 0) is 0 Å². The van der Waals surface area contributed by atoms with Crippen LogP contribution in [0.25, 0.3) is 10.1 Å². The van der Waals surface area contributed by atoms with E-state index in [1.54, 1.807) is 11.3 Å². The molecule has 76 valence electrons. The van der Waals surface area contributed by atoms with Gasteiger partial charge in [0.05, 0.1) is 11.4 Å². The highest BCUT2D eigenvalue weighted by molar-refractivity contribution is 7.20. The Hall–Kier alpha value is -1.35. The van der Waals surface area contributed by atoms with Crippen molar-refractivity contribution in [1.29, 1.82) is 0 Å².